The minimum Gasteiger partial charge on any atom is -0.372 e. The SMILES string of the molecule is Cc1nnc(C2NCCOC23CCCCC3)n1C. The predicted molar refractivity (Wildman–Crippen MR) is 68.3 cm³/mol. The maximum atomic E-state index is 6.19. The third-order valence-electron chi connectivity index (χ3n) is 4.45. The molecule has 1 unspecified atom stereocenters. The highest BCUT2D eigenvalue weighted by molar-refractivity contribution is 5.10. The van der Waals surface area contributed by atoms with Gasteiger partial charge in [0.1, 0.15) is 5.82 Å². The monoisotopic (exact) mass is 250 g/mol. The van der Waals surface area contributed by atoms with E-state index in [1.807, 2.05) is 14.0 Å². The van der Waals surface area contributed by atoms with Crippen LogP contribution in [0, 0.1) is 6.92 Å². The molecule has 1 aromatic heterocycles. The molecule has 1 aromatic rings. The van der Waals surface area contributed by atoms with Crippen molar-refractivity contribution in [3.05, 3.63) is 11.6 Å². The summed E-state index contributed by atoms with van der Waals surface area (Å²) >= 11 is 0. The molecule has 1 atom stereocenters. The van der Waals surface area contributed by atoms with Gasteiger partial charge < -0.3 is 14.6 Å². The van der Waals surface area contributed by atoms with Gasteiger partial charge in [0.25, 0.3) is 0 Å². The highest BCUT2D eigenvalue weighted by Gasteiger charge is 2.45. The van der Waals surface area contributed by atoms with Gasteiger partial charge in [-0.2, -0.15) is 0 Å². The zero-order valence-electron chi connectivity index (χ0n) is 11.3. The summed E-state index contributed by atoms with van der Waals surface area (Å²) in [7, 11) is 2.04. The van der Waals surface area contributed by atoms with Gasteiger partial charge in [-0.3, -0.25) is 0 Å². The van der Waals surface area contributed by atoms with Crippen molar-refractivity contribution in [1.29, 1.82) is 0 Å². The van der Waals surface area contributed by atoms with Gasteiger partial charge in [0, 0.05) is 13.6 Å². The summed E-state index contributed by atoms with van der Waals surface area (Å²) in [5.74, 6) is 1.98. The summed E-state index contributed by atoms with van der Waals surface area (Å²) in [6.45, 7) is 3.71. The number of hydrogen-bond donors (Lipinski definition) is 1. The van der Waals surface area contributed by atoms with Crippen LogP contribution in [0.25, 0.3) is 0 Å². The molecular weight excluding hydrogens is 228 g/mol. The molecule has 5 heteroatoms. The second kappa shape index (κ2) is 4.63. The molecule has 2 fully saturated rings. The second-order valence-electron chi connectivity index (χ2n) is 5.53. The maximum Gasteiger partial charge on any atom is 0.152 e. The van der Waals surface area contributed by atoms with E-state index in [-0.39, 0.29) is 11.6 Å². The van der Waals surface area contributed by atoms with E-state index < -0.39 is 0 Å². The van der Waals surface area contributed by atoms with Crippen LogP contribution in [0.15, 0.2) is 0 Å². The van der Waals surface area contributed by atoms with Crippen molar-refractivity contribution < 1.29 is 4.74 Å². The summed E-state index contributed by atoms with van der Waals surface area (Å²) in [6, 6.07) is 0.192. The molecule has 18 heavy (non-hydrogen) atoms. The lowest BCUT2D eigenvalue weighted by Crippen LogP contribution is -2.54. The second-order valence-corrected chi connectivity index (χ2v) is 5.53. The van der Waals surface area contributed by atoms with Crippen LogP contribution < -0.4 is 5.32 Å². The first-order valence-electron chi connectivity index (χ1n) is 6.96. The normalized spacial score (nSPS) is 27.6. The fraction of sp³-hybridized carbons (Fsp3) is 0.846. The molecule has 1 saturated heterocycles. The number of aromatic nitrogens is 3. The van der Waals surface area contributed by atoms with Crippen molar-refractivity contribution in [2.45, 2.75) is 50.7 Å². The summed E-state index contributed by atoms with van der Waals surface area (Å²) < 4.78 is 8.28. The van der Waals surface area contributed by atoms with Crippen LogP contribution >= 0.6 is 0 Å². The highest BCUT2D eigenvalue weighted by Crippen LogP contribution is 2.42. The van der Waals surface area contributed by atoms with E-state index >= 15 is 0 Å². The number of nitrogens with one attached hydrogen (secondary N) is 1. The number of nitrogens with zero attached hydrogens (tertiary/aromatic N) is 3. The van der Waals surface area contributed by atoms with Gasteiger partial charge in [-0.05, 0) is 19.8 Å². The molecule has 2 heterocycles. The molecule has 1 N–H and O–H groups in total. The largest absolute Gasteiger partial charge is 0.372 e. The van der Waals surface area contributed by atoms with Crippen molar-refractivity contribution >= 4 is 0 Å². The zero-order valence-corrected chi connectivity index (χ0v) is 11.3. The standard InChI is InChI=1S/C13H22N4O/c1-10-15-16-12(17(10)2)11-13(18-9-8-14-11)6-4-3-5-7-13/h11,14H,3-9H2,1-2H3. The molecule has 100 valence electrons. The smallest absolute Gasteiger partial charge is 0.152 e. The summed E-state index contributed by atoms with van der Waals surface area (Å²) in [4.78, 5) is 0. The Morgan fingerprint density at radius 3 is 2.72 bits per heavy atom. The van der Waals surface area contributed by atoms with Crippen molar-refractivity contribution in [3.8, 4) is 0 Å². The molecule has 1 aliphatic heterocycles. The fourth-order valence-electron chi connectivity index (χ4n) is 3.31. The van der Waals surface area contributed by atoms with E-state index in [2.05, 4.69) is 20.1 Å². The lowest BCUT2D eigenvalue weighted by molar-refractivity contribution is -0.121. The van der Waals surface area contributed by atoms with Crippen molar-refractivity contribution in [1.82, 2.24) is 20.1 Å². The molecule has 0 radical (unpaired) electrons. The Kier molecular flexibility index (Phi) is 3.11. The van der Waals surface area contributed by atoms with Gasteiger partial charge in [0.15, 0.2) is 5.82 Å². The van der Waals surface area contributed by atoms with Gasteiger partial charge >= 0.3 is 0 Å². The van der Waals surface area contributed by atoms with Crippen molar-refractivity contribution in [2.75, 3.05) is 13.2 Å². The summed E-state index contributed by atoms with van der Waals surface area (Å²) in [6.07, 6.45) is 6.12. The summed E-state index contributed by atoms with van der Waals surface area (Å²) in [5, 5.41) is 12.1. The van der Waals surface area contributed by atoms with Gasteiger partial charge in [0.2, 0.25) is 0 Å². The molecular formula is C13H22N4O. The molecule has 0 bridgehead atoms. The van der Waals surface area contributed by atoms with E-state index in [1.165, 1.54) is 19.3 Å². The third kappa shape index (κ3) is 1.86. The minimum absolute atomic E-state index is 0.0519. The number of hydrogen-bond acceptors (Lipinski definition) is 4. The molecule has 1 aliphatic carbocycles. The van der Waals surface area contributed by atoms with E-state index in [9.17, 15) is 0 Å². The predicted octanol–water partition coefficient (Wildman–Crippen LogP) is 1.49. The Morgan fingerprint density at radius 1 is 1.28 bits per heavy atom. The number of morpholine rings is 1. The fourth-order valence-corrected chi connectivity index (χ4v) is 3.31. The van der Waals surface area contributed by atoms with Gasteiger partial charge in [-0.15, -0.1) is 10.2 Å². The number of rotatable bonds is 1. The molecule has 1 spiro atoms. The van der Waals surface area contributed by atoms with Crippen molar-refractivity contribution in [2.24, 2.45) is 7.05 Å². The molecule has 1 saturated carbocycles. The van der Waals surface area contributed by atoms with E-state index in [1.54, 1.807) is 0 Å². The van der Waals surface area contributed by atoms with Crippen LogP contribution in [0.1, 0.15) is 49.8 Å². The Hall–Kier alpha value is -0.940. The van der Waals surface area contributed by atoms with Crippen LogP contribution in [0.2, 0.25) is 0 Å². The number of ether oxygens (including phenoxy) is 1. The van der Waals surface area contributed by atoms with Crippen molar-refractivity contribution in [3.63, 3.8) is 0 Å². The first kappa shape index (κ1) is 12.1. The topological polar surface area (TPSA) is 52.0 Å². The van der Waals surface area contributed by atoms with E-state index in [0.717, 1.165) is 37.6 Å². The Bertz CT molecular complexity index is 414. The average molecular weight is 250 g/mol. The first-order valence-corrected chi connectivity index (χ1v) is 6.96. The molecule has 2 aliphatic rings. The zero-order chi connectivity index (χ0) is 12.6. The lowest BCUT2D eigenvalue weighted by Gasteiger charge is -2.46. The van der Waals surface area contributed by atoms with Crippen LogP contribution in [-0.2, 0) is 11.8 Å². The van der Waals surface area contributed by atoms with Gasteiger partial charge in [0.05, 0.1) is 18.2 Å². The molecule has 0 aromatic carbocycles. The van der Waals surface area contributed by atoms with Crippen LogP contribution in [0.4, 0.5) is 0 Å². The van der Waals surface area contributed by atoms with Gasteiger partial charge in [-0.25, -0.2) is 0 Å². The van der Waals surface area contributed by atoms with E-state index in [0.29, 0.717) is 0 Å². The van der Waals surface area contributed by atoms with Crippen LogP contribution in [-0.4, -0.2) is 33.5 Å². The molecule has 0 amide bonds. The maximum absolute atomic E-state index is 6.19. The van der Waals surface area contributed by atoms with E-state index in [4.69, 9.17) is 4.74 Å². The quantitative estimate of drug-likeness (QED) is 0.820. The minimum atomic E-state index is -0.0519. The first-order chi connectivity index (χ1) is 8.73. The van der Waals surface area contributed by atoms with Crippen LogP contribution in [0.5, 0.6) is 0 Å². The van der Waals surface area contributed by atoms with Crippen LogP contribution in [0.3, 0.4) is 0 Å². The Balaban J connectivity index is 1.94. The third-order valence-corrected chi connectivity index (χ3v) is 4.45. The average Bonchev–Trinajstić information content (AvgIpc) is 2.72. The number of aryl methyl sites for hydroxylation is 1. The Morgan fingerprint density at radius 2 is 2.06 bits per heavy atom. The highest BCUT2D eigenvalue weighted by atomic mass is 16.5. The molecule has 5 nitrogen and oxygen atoms in total. The Labute approximate surface area is 108 Å². The molecule has 3 rings (SSSR count). The van der Waals surface area contributed by atoms with Gasteiger partial charge in [-0.1, -0.05) is 19.3 Å². The lowest BCUT2D eigenvalue weighted by atomic mass is 9.78. The summed E-state index contributed by atoms with van der Waals surface area (Å²) in [5.41, 5.74) is -0.0519.